The molecule has 0 aliphatic heterocycles. The Morgan fingerprint density at radius 2 is 1.92 bits per heavy atom. The lowest BCUT2D eigenvalue weighted by Gasteiger charge is -2.11. The summed E-state index contributed by atoms with van der Waals surface area (Å²) < 4.78 is 43.0. The van der Waals surface area contributed by atoms with Gasteiger partial charge in [-0.15, -0.1) is 5.10 Å². The number of carbonyl (C=O) groups is 1. The predicted molar refractivity (Wildman–Crippen MR) is 125 cm³/mol. The monoisotopic (exact) mass is 503 g/mol. The van der Waals surface area contributed by atoms with Gasteiger partial charge >= 0.3 is 6.18 Å². The Balaban J connectivity index is 1.55. The zero-order chi connectivity index (χ0) is 26.2. The molecule has 1 amide bonds. The van der Waals surface area contributed by atoms with Crippen molar-refractivity contribution in [3.63, 3.8) is 0 Å². The maximum atomic E-state index is 13.9. The fourth-order valence-corrected chi connectivity index (χ4v) is 3.84. The standard InChI is InChI=1S/C24H16F3N9O/c1-13-20(21(24(25,26)27)33-36(13)12-15-8-6-14(11-28)7-9-15)30-23(37)17-10-19(22-31-34-35-32-22)29-18-5-3-2-4-16(17)18/h2-10H,12H2,1H3,(H,30,37)(H,31,32,34,35). The van der Waals surface area contributed by atoms with Crippen molar-refractivity contribution >= 4 is 22.5 Å². The molecule has 5 aromatic rings. The highest BCUT2D eigenvalue weighted by atomic mass is 19.4. The van der Waals surface area contributed by atoms with Crippen molar-refractivity contribution in [1.82, 2.24) is 35.4 Å². The largest absolute Gasteiger partial charge is 0.437 e. The van der Waals surface area contributed by atoms with Gasteiger partial charge in [0.05, 0.1) is 40.6 Å². The first kappa shape index (κ1) is 23.6. The van der Waals surface area contributed by atoms with Crippen molar-refractivity contribution in [2.75, 3.05) is 5.32 Å². The van der Waals surface area contributed by atoms with Gasteiger partial charge in [-0.1, -0.05) is 30.3 Å². The van der Waals surface area contributed by atoms with Crippen LogP contribution in [0.1, 0.15) is 32.9 Å². The summed E-state index contributed by atoms with van der Waals surface area (Å²) in [5.41, 5.74) is 0.285. The molecule has 13 heteroatoms. The van der Waals surface area contributed by atoms with Crippen LogP contribution in [0.5, 0.6) is 0 Å². The van der Waals surface area contributed by atoms with Gasteiger partial charge in [-0.2, -0.15) is 23.5 Å². The summed E-state index contributed by atoms with van der Waals surface area (Å²) in [6.07, 6.45) is -4.82. The van der Waals surface area contributed by atoms with Crippen LogP contribution in [0.15, 0.2) is 54.6 Å². The molecule has 5 rings (SSSR count). The van der Waals surface area contributed by atoms with Crippen molar-refractivity contribution < 1.29 is 18.0 Å². The fourth-order valence-electron chi connectivity index (χ4n) is 3.84. The van der Waals surface area contributed by atoms with Crippen molar-refractivity contribution in [2.24, 2.45) is 0 Å². The van der Waals surface area contributed by atoms with Crippen LogP contribution in [0.3, 0.4) is 0 Å². The van der Waals surface area contributed by atoms with Crippen LogP contribution < -0.4 is 5.32 Å². The van der Waals surface area contributed by atoms with E-state index in [9.17, 15) is 18.0 Å². The van der Waals surface area contributed by atoms with Crippen molar-refractivity contribution in [2.45, 2.75) is 19.6 Å². The van der Waals surface area contributed by atoms with Crippen molar-refractivity contribution in [3.05, 3.63) is 82.7 Å². The third-order valence-corrected chi connectivity index (χ3v) is 5.68. The molecule has 0 atom stereocenters. The molecule has 10 nitrogen and oxygen atoms in total. The van der Waals surface area contributed by atoms with E-state index < -0.39 is 23.5 Å². The first-order valence-corrected chi connectivity index (χ1v) is 10.8. The number of benzene rings is 2. The van der Waals surface area contributed by atoms with Gasteiger partial charge in [0.2, 0.25) is 0 Å². The number of nitrogens with zero attached hydrogens (tertiary/aromatic N) is 7. The van der Waals surface area contributed by atoms with Gasteiger partial charge in [-0.25, -0.2) is 10.1 Å². The highest BCUT2D eigenvalue weighted by molar-refractivity contribution is 6.13. The number of anilines is 1. The lowest BCUT2D eigenvalue weighted by atomic mass is 10.1. The highest BCUT2D eigenvalue weighted by Gasteiger charge is 2.39. The minimum atomic E-state index is -4.82. The van der Waals surface area contributed by atoms with Gasteiger partial charge in [0, 0.05) is 5.39 Å². The number of aromatic amines is 1. The second kappa shape index (κ2) is 9.15. The predicted octanol–water partition coefficient (Wildman–Crippen LogP) is 4.11. The first-order chi connectivity index (χ1) is 17.7. The number of fused-ring (bicyclic) bond motifs is 1. The van der Waals surface area contributed by atoms with E-state index in [0.717, 1.165) is 4.68 Å². The number of H-pyrrole nitrogens is 1. The van der Waals surface area contributed by atoms with Crippen molar-refractivity contribution in [1.29, 1.82) is 5.26 Å². The van der Waals surface area contributed by atoms with Gasteiger partial charge in [0.15, 0.2) is 11.5 Å². The van der Waals surface area contributed by atoms with Gasteiger partial charge in [-0.05, 0) is 47.2 Å². The van der Waals surface area contributed by atoms with E-state index in [1.165, 1.54) is 13.0 Å². The molecule has 0 unspecified atom stereocenters. The summed E-state index contributed by atoms with van der Waals surface area (Å²) in [6, 6.07) is 16.5. The van der Waals surface area contributed by atoms with E-state index in [2.05, 4.69) is 36.0 Å². The van der Waals surface area contributed by atoms with Gasteiger partial charge in [0.25, 0.3) is 5.91 Å². The SMILES string of the molecule is Cc1c(NC(=O)c2cc(-c3nnn[nH]3)nc3ccccc23)c(C(F)(F)F)nn1Cc1ccc(C#N)cc1. The molecule has 0 fully saturated rings. The van der Waals surface area contributed by atoms with Crippen LogP contribution >= 0.6 is 0 Å². The Bertz CT molecular complexity index is 1650. The number of aromatic nitrogens is 7. The molecule has 0 aliphatic rings. The number of hydrogen-bond acceptors (Lipinski definition) is 7. The summed E-state index contributed by atoms with van der Waals surface area (Å²) >= 11 is 0. The topological polar surface area (TPSA) is 138 Å². The third kappa shape index (κ3) is 4.59. The molecule has 2 N–H and O–H groups in total. The minimum Gasteiger partial charge on any atom is -0.319 e. The quantitative estimate of drug-likeness (QED) is 0.368. The van der Waals surface area contributed by atoms with Gasteiger partial charge in [-0.3, -0.25) is 9.48 Å². The second-order valence-electron chi connectivity index (χ2n) is 8.05. The maximum absolute atomic E-state index is 13.9. The number of rotatable bonds is 5. The van der Waals surface area contributed by atoms with Crippen LogP contribution in [-0.4, -0.2) is 41.3 Å². The average Bonchev–Trinajstić information content (AvgIpc) is 3.53. The van der Waals surface area contributed by atoms with E-state index >= 15 is 0 Å². The molecule has 184 valence electrons. The summed E-state index contributed by atoms with van der Waals surface area (Å²) in [7, 11) is 0. The molecule has 3 aromatic heterocycles. The summed E-state index contributed by atoms with van der Waals surface area (Å²) in [4.78, 5) is 17.8. The smallest absolute Gasteiger partial charge is 0.319 e. The fraction of sp³-hybridized carbons (Fsp3) is 0.125. The van der Waals surface area contributed by atoms with Crippen LogP contribution in [0.25, 0.3) is 22.4 Å². The Hall–Kier alpha value is -5.12. The Morgan fingerprint density at radius 3 is 2.59 bits per heavy atom. The number of hydrogen-bond donors (Lipinski definition) is 2. The average molecular weight is 503 g/mol. The van der Waals surface area contributed by atoms with Crippen molar-refractivity contribution in [3.8, 4) is 17.6 Å². The van der Waals surface area contributed by atoms with E-state index in [-0.39, 0.29) is 29.3 Å². The second-order valence-corrected chi connectivity index (χ2v) is 8.05. The van der Waals surface area contributed by atoms with E-state index in [4.69, 9.17) is 5.26 Å². The number of tetrazole rings is 1. The molecule has 0 bridgehead atoms. The number of nitrogens with one attached hydrogen (secondary N) is 2. The molecule has 0 saturated heterocycles. The number of carbonyl (C=O) groups excluding carboxylic acids is 1. The van der Waals surface area contributed by atoms with Gasteiger partial charge < -0.3 is 5.32 Å². The van der Waals surface area contributed by atoms with E-state index in [0.29, 0.717) is 22.0 Å². The summed E-state index contributed by atoms with van der Waals surface area (Å²) in [6.45, 7) is 1.45. The van der Waals surface area contributed by atoms with E-state index in [1.54, 1.807) is 48.5 Å². The molecule has 3 heterocycles. The number of alkyl halides is 3. The van der Waals surface area contributed by atoms with Gasteiger partial charge in [0.1, 0.15) is 5.69 Å². The molecule has 0 aliphatic carbocycles. The first-order valence-electron chi connectivity index (χ1n) is 10.8. The minimum absolute atomic E-state index is 0.0112. The normalized spacial score (nSPS) is 11.4. The highest BCUT2D eigenvalue weighted by Crippen LogP contribution is 2.36. The number of para-hydroxylation sites is 1. The van der Waals surface area contributed by atoms with Crippen LogP contribution in [-0.2, 0) is 12.7 Å². The molecule has 37 heavy (non-hydrogen) atoms. The maximum Gasteiger partial charge on any atom is 0.437 e. The molecule has 2 aromatic carbocycles. The number of amides is 1. The lowest BCUT2D eigenvalue weighted by molar-refractivity contribution is -0.140. The summed E-state index contributed by atoms with van der Waals surface area (Å²) in [5.74, 6) is -0.582. The molecular formula is C24H16F3N9O. The molecule has 0 saturated carbocycles. The zero-order valence-corrected chi connectivity index (χ0v) is 19.1. The zero-order valence-electron chi connectivity index (χ0n) is 19.1. The third-order valence-electron chi connectivity index (χ3n) is 5.68. The van der Waals surface area contributed by atoms with Crippen LogP contribution in [0.2, 0.25) is 0 Å². The molecule has 0 spiro atoms. The Kier molecular flexibility index (Phi) is 5.84. The Morgan fingerprint density at radius 1 is 1.16 bits per heavy atom. The summed E-state index contributed by atoms with van der Waals surface area (Å²) in [5, 5.41) is 28.9. The number of nitriles is 1. The molecular weight excluding hydrogens is 487 g/mol. The number of halogens is 3. The van der Waals surface area contributed by atoms with Crippen LogP contribution in [0, 0.1) is 18.3 Å². The number of pyridine rings is 1. The van der Waals surface area contributed by atoms with Crippen LogP contribution in [0.4, 0.5) is 18.9 Å². The molecule has 0 radical (unpaired) electrons. The lowest BCUT2D eigenvalue weighted by Crippen LogP contribution is -2.17. The Labute approximate surface area is 206 Å². The van der Waals surface area contributed by atoms with E-state index in [1.807, 2.05) is 6.07 Å².